The van der Waals surface area contributed by atoms with Crippen molar-refractivity contribution in [1.29, 1.82) is 0 Å². The predicted octanol–water partition coefficient (Wildman–Crippen LogP) is 3.70. The maximum Gasteiger partial charge on any atom is 0.127 e. The van der Waals surface area contributed by atoms with Crippen LogP contribution in [0, 0.1) is 5.82 Å². The molecule has 1 heterocycles. The third kappa shape index (κ3) is 3.58. The van der Waals surface area contributed by atoms with Gasteiger partial charge in [0.05, 0.1) is 0 Å². The van der Waals surface area contributed by atoms with Gasteiger partial charge in [-0.3, -0.25) is 4.90 Å². The monoisotopic (exact) mass is 278 g/mol. The van der Waals surface area contributed by atoms with Gasteiger partial charge in [0, 0.05) is 30.7 Å². The molecule has 112 valence electrons. The highest BCUT2D eigenvalue weighted by Gasteiger charge is 2.29. The van der Waals surface area contributed by atoms with Crippen LogP contribution in [-0.4, -0.2) is 23.5 Å². The molecule has 0 radical (unpaired) electrons. The fourth-order valence-electron chi connectivity index (χ4n) is 3.17. The van der Waals surface area contributed by atoms with Crippen LogP contribution >= 0.6 is 0 Å². The van der Waals surface area contributed by atoms with Crippen LogP contribution in [0.4, 0.5) is 4.39 Å². The lowest BCUT2D eigenvalue weighted by Gasteiger charge is -2.28. The second-order valence-electron chi connectivity index (χ2n) is 5.87. The van der Waals surface area contributed by atoms with Crippen LogP contribution in [0.3, 0.4) is 0 Å². The fourth-order valence-corrected chi connectivity index (χ4v) is 3.17. The summed E-state index contributed by atoms with van der Waals surface area (Å²) >= 11 is 0. The quantitative estimate of drug-likeness (QED) is 0.853. The van der Waals surface area contributed by atoms with Crippen molar-refractivity contribution >= 4 is 0 Å². The average molecular weight is 278 g/mol. The van der Waals surface area contributed by atoms with E-state index in [-0.39, 0.29) is 5.82 Å². The summed E-state index contributed by atoms with van der Waals surface area (Å²) in [7, 11) is 0. The molecule has 2 unspecified atom stereocenters. The summed E-state index contributed by atoms with van der Waals surface area (Å²) < 4.78 is 14.1. The number of nitrogens with one attached hydrogen (secondary N) is 1. The van der Waals surface area contributed by atoms with Gasteiger partial charge in [0.1, 0.15) is 5.82 Å². The maximum atomic E-state index is 14.1. The van der Waals surface area contributed by atoms with E-state index in [9.17, 15) is 4.39 Å². The molecule has 1 aliphatic rings. The van der Waals surface area contributed by atoms with Gasteiger partial charge in [-0.2, -0.15) is 0 Å². The van der Waals surface area contributed by atoms with Gasteiger partial charge in [0.2, 0.25) is 0 Å². The summed E-state index contributed by atoms with van der Waals surface area (Å²) in [5.41, 5.74) is 2.01. The molecule has 1 aromatic rings. The van der Waals surface area contributed by atoms with Crippen molar-refractivity contribution < 1.29 is 4.39 Å². The number of likely N-dealkylation sites (tertiary alicyclic amines) is 1. The smallest absolute Gasteiger partial charge is 0.127 e. The second kappa shape index (κ2) is 7.19. The van der Waals surface area contributed by atoms with Crippen molar-refractivity contribution in [3.8, 4) is 0 Å². The molecule has 1 saturated heterocycles. The van der Waals surface area contributed by atoms with E-state index in [4.69, 9.17) is 0 Å². The van der Waals surface area contributed by atoms with Crippen LogP contribution in [0.25, 0.3) is 0 Å². The zero-order chi connectivity index (χ0) is 14.5. The first-order chi connectivity index (χ1) is 9.65. The van der Waals surface area contributed by atoms with E-state index in [1.807, 2.05) is 12.1 Å². The Morgan fingerprint density at radius 3 is 2.80 bits per heavy atom. The molecule has 0 aliphatic carbocycles. The molecule has 0 bridgehead atoms. The van der Waals surface area contributed by atoms with Crippen LogP contribution in [0.2, 0.25) is 0 Å². The number of hydrogen-bond acceptors (Lipinski definition) is 2. The topological polar surface area (TPSA) is 15.3 Å². The van der Waals surface area contributed by atoms with Gasteiger partial charge >= 0.3 is 0 Å². The molecule has 2 nitrogen and oxygen atoms in total. The molecule has 3 heteroatoms. The largest absolute Gasteiger partial charge is 0.313 e. The van der Waals surface area contributed by atoms with E-state index in [2.05, 4.69) is 31.0 Å². The Bertz CT molecular complexity index is 433. The highest BCUT2D eigenvalue weighted by molar-refractivity contribution is 5.25. The molecule has 1 aromatic carbocycles. The third-order valence-corrected chi connectivity index (χ3v) is 4.47. The van der Waals surface area contributed by atoms with Crippen LogP contribution in [0.15, 0.2) is 18.2 Å². The van der Waals surface area contributed by atoms with Crippen LogP contribution in [0.5, 0.6) is 0 Å². The first-order valence-corrected chi connectivity index (χ1v) is 7.89. The molecule has 1 N–H and O–H groups in total. The molecule has 1 fully saturated rings. The maximum absolute atomic E-state index is 14.1. The van der Waals surface area contributed by atoms with Crippen molar-refractivity contribution in [2.45, 2.75) is 65.2 Å². The molecule has 20 heavy (non-hydrogen) atoms. The summed E-state index contributed by atoms with van der Waals surface area (Å²) in [5.74, 6) is -0.0702. The molecule has 2 atom stereocenters. The highest BCUT2D eigenvalue weighted by atomic mass is 19.1. The lowest BCUT2D eigenvalue weighted by molar-refractivity contribution is 0.187. The Labute approximate surface area is 122 Å². The number of hydrogen-bond donors (Lipinski definition) is 1. The molecular weight excluding hydrogens is 251 g/mol. The van der Waals surface area contributed by atoms with E-state index in [1.54, 1.807) is 6.07 Å². The van der Waals surface area contributed by atoms with Gasteiger partial charge in [-0.25, -0.2) is 4.39 Å². The number of benzene rings is 1. The Balaban J connectivity index is 2.11. The molecule has 0 aromatic heterocycles. The van der Waals surface area contributed by atoms with Crippen molar-refractivity contribution in [2.75, 3.05) is 6.54 Å². The van der Waals surface area contributed by atoms with Crippen LogP contribution in [-0.2, 0) is 13.1 Å². The van der Waals surface area contributed by atoms with E-state index in [0.717, 1.165) is 31.6 Å². The summed E-state index contributed by atoms with van der Waals surface area (Å²) in [6.45, 7) is 9.07. The average Bonchev–Trinajstić information content (AvgIpc) is 2.80. The molecule has 1 aliphatic heterocycles. The van der Waals surface area contributed by atoms with Gasteiger partial charge < -0.3 is 5.32 Å². The Morgan fingerprint density at radius 1 is 1.30 bits per heavy atom. The van der Waals surface area contributed by atoms with Gasteiger partial charge in [0.25, 0.3) is 0 Å². The minimum Gasteiger partial charge on any atom is -0.313 e. The minimum atomic E-state index is -0.0702. The van der Waals surface area contributed by atoms with Gasteiger partial charge in [-0.05, 0) is 44.4 Å². The summed E-state index contributed by atoms with van der Waals surface area (Å²) in [6, 6.07) is 6.70. The lowest BCUT2D eigenvalue weighted by atomic mass is 10.1. The molecule has 2 rings (SSSR count). The third-order valence-electron chi connectivity index (χ3n) is 4.47. The minimum absolute atomic E-state index is 0.0702. The predicted molar refractivity (Wildman–Crippen MR) is 82.1 cm³/mol. The first-order valence-electron chi connectivity index (χ1n) is 7.89. The van der Waals surface area contributed by atoms with E-state index < -0.39 is 0 Å². The zero-order valence-corrected chi connectivity index (χ0v) is 13.0. The molecule has 0 amide bonds. The molecular formula is C17H27FN2. The molecule has 0 saturated carbocycles. The first kappa shape index (κ1) is 15.5. The van der Waals surface area contributed by atoms with Gasteiger partial charge in [0.15, 0.2) is 0 Å². The van der Waals surface area contributed by atoms with Crippen molar-refractivity contribution in [1.82, 2.24) is 10.2 Å². The van der Waals surface area contributed by atoms with Crippen LogP contribution in [0.1, 0.15) is 51.2 Å². The van der Waals surface area contributed by atoms with Gasteiger partial charge in [-0.1, -0.05) is 26.0 Å². The normalized spacial score (nSPS) is 23.4. The van der Waals surface area contributed by atoms with E-state index >= 15 is 0 Å². The SMILES string of the molecule is CCNCc1ccc(F)c(CN2C(C)CCC2CC)c1. The van der Waals surface area contributed by atoms with Crippen molar-refractivity contribution in [3.63, 3.8) is 0 Å². The summed E-state index contributed by atoms with van der Waals surface area (Å²) in [5, 5.41) is 3.30. The number of rotatable bonds is 6. The van der Waals surface area contributed by atoms with Crippen molar-refractivity contribution in [3.05, 3.63) is 35.1 Å². The molecule has 0 spiro atoms. The lowest BCUT2D eigenvalue weighted by Crippen LogP contribution is -2.33. The number of nitrogens with zero attached hydrogens (tertiary/aromatic N) is 1. The zero-order valence-electron chi connectivity index (χ0n) is 13.0. The fraction of sp³-hybridized carbons (Fsp3) is 0.647. The Morgan fingerprint density at radius 2 is 2.10 bits per heavy atom. The van der Waals surface area contributed by atoms with Gasteiger partial charge in [-0.15, -0.1) is 0 Å². The standard InChI is InChI=1S/C17H27FN2/c1-4-16-8-6-13(3)20(16)12-15-10-14(11-19-5-2)7-9-17(15)18/h7,9-10,13,16,19H,4-6,8,11-12H2,1-3H3. The summed E-state index contributed by atoms with van der Waals surface area (Å²) in [4.78, 5) is 2.47. The van der Waals surface area contributed by atoms with E-state index in [0.29, 0.717) is 12.1 Å². The summed E-state index contributed by atoms with van der Waals surface area (Å²) in [6.07, 6.45) is 3.64. The Kier molecular flexibility index (Phi) is 5.55. The Hall–Kier alpha value is -0.930. The van der Waals surface area contributed by atoms with E-state index in [1.165, 1.54) is 18.4 Å². The van der Waals surface area contributed by atoms with Crippen LogP contribution < -0.4 is 5.32 Å². The number of halogens is 1. The second-order valence-corrected chi connectivity index (χ2v) is 5.87. The highest BCUT2D eigenvalue weighted by Crippen LogP contribution is 2.28. The van der Waals surface area contributed by atoms with Crippen molar-refractivity contribution in [2.24, 2.45) is 0 Å².